The monoisotopic (exact) mass is 509 g/mol. The predicted octanol–water partition coefficient (Wildman–Crippen LogP) is 4.97. The number of ether oxygens (including phenoxy) is 1. The Labute approximate surface area is 214 Å². The van der Waals surface area contributed by atoms with Gasteiger partial charge < -0.3 is 4.74 Å². The van der Waals surface area contributed by atoms with Gasteiger partial charge in [-0.05, 0) is 52.2 Å². The second-order valence-electron chi connectivity index (χ2n) is 10.3. The number of benzene rings is 2. The van der Waals surface area contributed by atoms with Crippen LogP contribution >= 0.6 is 0 Å². The molecule has 2 heterocycles. The van der Waals surface area contributed by atoms with Crippen LogP contribution in [0.3, 0.4) is 0 Å². The van der Waals surface area contributed by atoms with E-state index < -0.39 is 15.6 Å². The molecule has 1 fully saturated rings. The van der Waals surface area contributed by atoms with Crippen LogP contribution in [0.2, 0.25) is 0 Å². The molecular weight excluding hydrogens is 474 g/mol. The van der Waals surface area contributed by atoms with Crippen LogP contribution in [0.4, 0.5) is 0 Å². The maximum absolute atomic E-state index is 13.5. The summed E-state index contributed by atoms with van der Waals surface area (Å²) in [7, 11) is -3.61. The number of sulfonamides is 1. The Morgan fingerprint density at radius 2 is 1.61 bits per heavy atom. The Morgan fingerprint density at radius 3 is 2.28 bits per heavy atom. The van der Waals surface area contributed by atoms with Crippen molar-refractivity contribution in [1.29, 1.82) is 0 Å². The van der Waals surface area contributed by atoms with Crippen LogP contribution < -0.4 is 0 Å². The van der Waals surface area contributed by atoms with Gasteiger partial charge in [-0.1, -0.05) is 55.0 Å². The van der Waals surface area contributed by atoms with E-state index in [2.05, 4.69) is 0 Å². The molecule has 3 aromatic rings. The Hall–Kier alpha value is -2.97. The van der Waals surface area contributed by atoms with Gasteiger partial charge >= 0.3 is 5.97 Å². The van der Waals surface area contributed by atoms with Gasteiger partial charge in [0, 0.05) is 24.2 Å². The molecule has 0 unspecified atom stereocenters. The lowest BCUT2D eigenvalue weighted by atomic mass is 10.0. The maximum Gasteiger partial charge on any atom is 0.310 e. The Balaban J connectivity index is 1.75. The third-order valence-corrected chi connectivity index (χ3v) is 8.26. The Bertz CT molecular complexity index is 1320. The fourth-order valence-electron chi connectivity index (χ4n) is 4.68. The first kappa shape index (κ1) is 26.1. The van der Waals surface area contributed by atoms with Gasteiger partial charge in [-0.15, -0.1) is 0 Å². The van der Waals surface area contributed by atoms with Crippen LogP contribution in [0.1, 0.15) is 56.9 Å². The topological polar surface area (TPSA) is 81.5 Å². The van der Waals surface area contributed by atoms with Crippen LogP contribution in [0.5, 0.6) is 0 Å². The zero-order valence-electron chi connectivity index (χ0n) is 21.5. The first-order valence-corrected chi connectivity index (χ1v) is 13.9. The molecule has 0 atom stereocenters. The molecule has 1 aromatic heterocycles. The van der Waals surface area contributed by atoms with Gasteiger partial charge in [-0.2, -0.15) is 9.40 Å². The molecule has 4 rings (SSSR count). The molecule has 7 nitrogen and oxygen atoms in total. The number of hydrogen-bond donors (Lipinski definition) is 0. The van der Waals surface area contributed by atoms with Crippen molar-refractivity contribution in [2.75, 3.05) is 13.1 Å². The molecule has 1 saturated heterocycles. The van der Waals surface area contributed by atoms with E-state index in [0.29, 0.717) is 23.5 Å². The number of nitrogens with zero attached hydrogens (tertiary/aromatic N) is 3. The van der Waals surface area contributed by atoms with Gasteiger partial charge in [0.15, 0.2) is 0 Å². The largest absolute Gasteiger partial charge is 0.460 e. The standard InChI is InChI=1S/C28H35N3O4S/c1-21-24(19-26(32)35-28(2,3)4)27(22-13-7-5-8-14-22)31(29-21)20-23-15-9-10-16-25(23)36(33,34)30-17-11-6-12-18-30/h5,7-10,13-16H,6,11-12,17-20H2,1-4H3. The van der Waals surface area contributed by atoms with Crippen molar-refractivity contribution >= 4 is 16.0 Å². The van der Waals surface area contributed by atoms with Crippen LogP contribution in [0.25, 0.3) is 11.3 Å². The molecule has 36 heavy (non-hydrogen) atoms. The van der Waals surface area contributed by atoms with Crippen molar-refractivity contribution < 1.29 is 17.9 Å². The molecule has 0 bridgehead atoms. The first-order valence-electron chi connectivity index (χ1n) is 12.5. The maximum atomic E-state index is 13.5. The number of carbonyl (C=O) groups excluding carboxylic acids is 1. The summed E-state index contributed by atoms with van der Waals surface area (Å²) in [5.74, 6) is -0.324. The van der Waals surface area contributed by atoms with Crippen LogP contribution in [0, 0.1) is 6.92 Å². The normalized spacial score (nSPS) is 15.1. The lowest BCUT2D eigenvalue weighted by Gasteiger charge is -2.27. The van der Waals surface area contributed by atoms with Gasteiger partial charge in [0.1, 0.15) is 5.60 Å². The summed E-state index contributed by atoms with van der Waals surface area (Å²) in [5.41, 5.74) is 3.29. The minimum Gasteiger partial charge on any atom is -0.460 e. The highest BCUT2D eigenvalue weighted by atomic mass is 32.2. The number of rotatable bonds is 7. The highest BCUT2D eigenvalue weighted by Crippen LogP contribution is 2.30. The van der Waals surface area contributed by atoms with E-state index >= 15 is 0 Å². The van der Waals surface area contributed by atoms with Crippen molar-refractivity contribution in [3.8, 4) is 11.3 Å². The zero-order chi connectivity index (χ0) is 25.9. The minimum absolute atomic E-state index is 0.0844. The number of esters is 1. The molecule has 0 radical (unpaired) electrons. The van der Waals surface area contributed by atoms with Gasteiger partial charge in [0.25, 0.3) is 0 Å². The summed E-state index contributed by atoms with van der Waals surface area (Å²) in [5, 5.41) is 4.77. The van der Waals surface area contributed by atoms with E-state index in [4.69, 9.17) is 9.84 Å². The molecule has 0 saturated carbocycles. The highest BCUT2D eigenvalue weighted by Gasteiger charge is 2.29. The van der Waals surface area contributed by atoms with Crippen molar-refractivity contribution in [1.82, 2.24) is 14.1 Å². The second-order valence-corrected chi connectivity index (χ2v) is 12.2. The number of piperidine rings is 1. The molecule has 8 heteroatoms. The van der Waals surface area contributed by atoms with Gasteiger partial charge in [0.05, 0.1) is 29.2 Å². The Morgan fingerprint density at radius 1 is 0.972 bits per heavy atom. The van der Waals surface area contributed by atoms with E-state index in [1.54, 1.807) is 16.4 Å². The molecule has 1 aliphatic heterocycles. The highest BCUT2D eigenvalue weighted by molar-refractivity contribution is 7.89. The SMILES string of the molecule is Cc1nn(Cc2ccccc2S(=O)(=O)N2CCCCC2)c(-c2ccccc2)c1CC(=O)OC(C)(C)C. The molecule has 1 aliphatic rings. The van der Waals surface area contributed by atoms with Gasteiger partial charge in [-0.3, -0.25) is 9.48 Å². The summed E-state index contributed by atoms with van der Waals surface area (Å²) in [6, 6.07) is 16.9. The van der Waals surface area contributed by atoms with Crippen molar-refractivity contribution in [3.63, 3.8) is 0 Å². The van der Waals surface area contributed by atoms with Crippen molar-refractivity contribution in [2.24, 2.45) is 0 Å². The second kappa shape index (κ2) is 10.6. The summed E-state index contributed by atoms with van der Waals surface area (Å²) >= 11 is 0. The predicted molar refractivity (Wildman–Crippen MR) is 140 cm³/mol. The molecule has 0 amide bonds. The molecule has 0 aliphatic carbocycles. The van der Waals surface area contributed by atoms with Gasteiger partial charge in [0.2, 0.25) is 10.0 Å². The van der Waals surface area contributed by atoms with E-state index in [1.165, 1.54) is 0 Å². The van der Waals surface area contributed by atoms with Crippen molar-refractivity contribution in [3.05, 3.63) is 71.4 Å². The number of aromatic nitrogens is 2. The molecule has 192 valence electrons. The van der Waals surface area contributed by atoms with Crippen molar-refractivity contribution in [2.45, 2.75) is 70.4 Å². The molecule has 0 N–H and O–H groups in total. The van der Waals surface area contributed by atoms with Gasteiger partial charge in [-0.25, -0.2) is 8.42 Å². The average molecular weight is 510 g/mol. The van der Waals surface area contributed by atoms with Crippen LogP contribution in [-0.2, 0) is 32.5 Å². The third-order valence-electron chi connectivity index (χ3n) is 6.27. The fraction of sp³-hybridized carbons (Fsp3) is 0.429. The summed E-state index contributed by atoms with van der Waals surface area (Å²) < 4.78 is 36.1. The lowest BCUT2D eigenvalue weighted by molar-refractivity contribution is -0.153. The summed E-state index contributed by atoms with van der Waals surface area (Å²) in [6.45, 7) is 8.78. The lowest BCUT2D eigenvalue weighted by Crippen LogP contribution is -2.36. The average Bonchev–Trinajstić information content (AvgIpc) is 3.13. The third kappa shape index (κ3) is 5.87. The number of aryl methyl sites for hydroxylation is 1. The Kier molecular flexibility index (Phi) is 7.66. The number of hydrogen-bond acceptors (Lipinski definition) is 5. The minimum atomic E-state index is -3.61. The van der Waals surface area contributed by atoms with E-state index in [1.807, 2.05) is 74.8 Å². The van der Waals surface area contributed by atoms with E-state index in [-0.39, 0.29) is 18.9 Å². The van der Waals surface area contributed by atoms with Crippen LogP contribution in [-0.4, -0.2) is 47.2 Å². The van der Waals surface area contributed by atoms with E-state index in [0.717, 1.165) is 41.8 Å². The summed E-state index contributed by atoms with van der Waals surface area (Å²) in [6.07, 6.45) is 2.90. The number of carbonyl (C=O) groups is 1. The molecular formula is C28H35N3O4S. The molecule has 0 spiro atoms. The fourth-order valence-corrected chi connectivity index (χ4v) is 6.41. The van der Waals surface area contributed by atoms with E-state index in [9.17, 15) is 13.2 Å². The molecule has 2 aromatic carbocycles. The quantitative estimate of drug-likeness (QED) is 0.420. The van der Waals surface area contributed by atoms with Crippen LogP contribution in [0.15, 0.2) is 59.5 Å². The first-order chi connectivity index (χ1) is 17.1. The zero-order valence-corrected chi connectivity index (χ0v) is 22.3. The smallest absolute Gasteiger partial charge is 0.310 e. The summed E-state index contributed by atoms with van der Waals surface area (Å²) in [4.78, 5) is 13.1.